The molecule has 0 saturated carbocycles. The van der Waals surface area contributed by atoms with Gasteiger partial charge in [-0.2, -0.15) is 0 Å². The first-order valence-electron chi connectivity index (χ1n) is 8.03. The number of amides is 1. The number of carbonyl (C=O) groups excluding carboxylic acids is 1. The summed E-state index contributed by atoms with van der Waals surface area (Å²) in [7, 11) is -3.25. The van der Waals surface area contributed by atoms with Gasteiger partial charge in [-0.15, -0.1) is 10.2 Å². The van der Waals surface area contributed by atoms with E-state index in [2.05, 4.69) is 20.1 Å². The largest absolute Gasteiger partial charge is 0.346 e. The predicted molar refractivity (Wildman–Crippen MR) is 84.0 cm³/mol. The van der Waals surface area contributed by atoms with E-state index < -0.39 is 10.0 Å². The molecule has 0 spiro atoms. The standard InChI is InChI=1S/C14H23N5O3S/c1-10(13-17-16-12-6-4-8-19(12)13)15-14(20)11-5-3-7-18(9-11)23(2,21)22/h10-11H,3-9H2,1-2H3,(H,15,20)/t10-,11-/m0/s1. The van der Waals surface area contributed by atoms with Crippen molar-refractivity contribution in [2.75, 3.05) is 19.3 Å². The van der Waals surface area contributed by atoms with Crippen LogP contribution in [0.5, 0.6) is 0 Å². The first-order valence-corrected chi connectivity index (χ1v) is 9.88. The molecule has 9 heteroatoms. The second-order valence-corrected chi connectivity index (χ2v) is 8.40. The molecule has 0 radical (unpaired) electrons. The summed E-state index contributed by atoms with van der Waals surface area (Å²) in [6.07, 6.45) is 4.60. The number of carbonyl (C=O) groups is 1. The maximum absolute atomic E-state index is 12.5. The number of sulfonamides is 1. The van der Waals surface area contributed by atoms with E-state index in [1.54, 1.807) is 0 Å². The van der Waals surface area contributed by atoms with Crippen molar-refractivity contribution in [1.82, 2.24) is 24.4 Å². The van der Waals surface area contributed by atoms with Gasteiger partial charge in [0.25, 0.3) is 0 Å². The van der Waals surface area contributed by atoms with Gasteiger partial charge in [-0.1, -0.05) is 0 Å². The summed E-state index contributed by atoms with van der Waals surface area (Å²) in [5.41, 5.74) is 0. The molecule has 0 bridgehead atoms. The fraction of sp³-hybridized carbons (Fsp3) is 0.786. The van der Waals surface area contributed by atoms with Crippen molar-refractivity contribution in [3.8, 4) is 0 Å². The molecule has 0 aliphatic carbocycles. The summed E-state index contributed by atoms with van der Waals surface area (Å²) in [5.74, 6) is 1.34. The van der Waals surface area contributed by atoms with Gasteiger partial charge >= 0.3 is 0 Å². The van der Waals surface area contributed by atoms with Crippen molar-refractivity contribution in [3.63, 3.8) is 0 Å². The van der Waals surface area contributed by atoms with Crippen LogP contribution >= 0.6 is 0 Å². The van der Waals surface area contributed by atoms with Crippen LogP contribution in [-0.2, 0) is 27.8 Å². The molecule has 3 heterocycles. The summed E-state index contributed by atoms with van der Waals surface area (Å²) < 4.78 is 26.8. The maximum atomic E-state index is 12.5. The number of hydrogen-bond donors (Lipinski definition) is 1. The Bertz CT molecular complexity index is 699. The van der Waals surface area contributed by atoms with Crippen LogP contribution in [0.15, 0.2) is 0 Å². The molecule has 2 aliphatic rings. The highest BCUT2D eigenvalue weighted by atomic mass is 32.2. The Morgan fingerprint density at radius 3 is 2.83 bits per heavy atom. The number of piperidine rings is 1. The number of fused-ring (bicyclic) bond motifs is 1. The van der Waals surface area contributed by atoms with Gasteiger partial charge < -0.3 is 9.88 Å². The monoisotopic (exact) mass is 341 g/mol. The molecule has 2 atom stereocenters. The van der Waals surface area contributed by atoms with Crippen LogP contribution < -0.4 is 5.32 Å². The molecule has 8 nitrogen and oxygen atoms in total. The van der Waals surface area contributed by atoms with Gasteiger partial charge in [0.15, 0.2) is 5.82 Å². The van der Waals surface area contributed by atoms with Crippen LogP contribution in [0.4, 0.5) is 0 Å². The van der Waals surface area contributed by atoms with E-state index >= 15 is 0 Å². The third kappa shape index (κ3) is 3.40. The zero-order valence-electron chi connectivity index (χ0n) is 13.5. The fourth-order valence-electron chi connectivity index (χ4n) is 3.35. The number of rotatable bonds is 4. The van der Waals surface area contributed by atoms with E-state index in [1.165, 1.54) is 10.6 Å². The molecule has 1 N–H and O–H groups in total. The van der Waals surface area contributed by atoms with Crippen LogP contribution in [-0.4, -0.2) is 52.7 Å². The molecule has 2 aliphatic heterocycles. The minimum absolute atomic E-state index is 0.110. The molecule has 1 aromatic heterocycles. The molecule has 1 saturated heterocycles. The van der Waals surface area contributed by atoms with Gasteiger partial charge in [0.2, 0.25) is 15.9 Å². The van der Waals surface area contributed by atoms with Gasteiger partial charge in [0.1, 0.15) is 5.82 Å². The van der Waals surface area contributed by atoms with Gasteiger partial charge in [-0.25, -0.2) is 12.7 Å². The molecule has 1 fully saturated rings. The lowest BCUT2D eigenvalue weighted by atomic mass is 9.98. The third-order valence-electron chi connectivity index (χ3n) is 4.61. The van der Waals surface area contributed by atoms with Crippen LogP contribution in [0.3, 0.4) is 0 Å². The van der Waals surface area contributed by atoms with E-state index in [0.717, 1.165) is 31.0 Å². The van der Waals surface area contributed by atoms with Crippen molar-refractivity contribution in [2.24, 2.45) is 5.92 Å². The van der Waals surface area contributed by atoms with E-state index in [-0.39, 0.29) is 24.4 Å². The molecule has 1 amide bonds. The van der Waals surface area contributed by atoms with Crippen molar-refractivity contribution in [1.29, 1.82) is 0 Å². The lowest BCUT2D eigenvalue weighted by Gasteiger charge is -2.30. The minimum atomic E-state index is -3.25. The van der Waals surface area contributed by atoms with Crippen LogP contribution in [0.1, 0.15) is 43.9 Å². The molecular formula is C14H23N5O3S. The third-order valence-corrected chi connectivity index (χ3v) is 5.88. The Balaban J connectivity index is 1.64. The Kier molecular flexibility index (Phi) is 4.41. The van der Waals surface area contributed by atoms with E-state index in [9.17, 15) is 13.2 Å². The molecule has 128 valence electrons. The molecule has 3 rings (SSSR count). The first-order chi connectivity index (χ1) is 10.9. The molecule has 0 aromatic carbocycles. The second-order valence-electron chi connectivity index (χ2n) is 6.42. The number of hydrogen-bond acceptors (Lipinski definition) is 5. The average Bonchev–Trinajstić information content (AvgIpc) is 3.09. The average molecular weight is 341 g/mol. The lowest BCUT2D eigenvalue weighted by molar-refractivity contribution is -0.126. The van der Waals surface area contributed by atoms with Crippen molar-refractivity contribution in [2.45, 2.75) is 45.2 Å². The molecular weight excluding hydrogens is 318 g/mol. The Morgan fingerprint density at radius 2 is 2.09 bits per heavy atom. The highest BCUT2D eigenvalue weighted by Crippen LogP contribution is 2.22. The normalized spacial score (nSPS) is 23.5. The van der Waals surface area contributed by atoms with E-state index in [1.807, 2.05) is 6.92 Å². The van der Waals surface area contributed by atoms with E-state index in [0.29, 0.717) is 19.4 Å². The summed E-state index contributed by atoms with van der Waals surface area (Å²) >= 11 is 0. The fourth-order valence-corrected chi connectivity index (χ4v) is 4.26. The molecule has 23 heavy (non-hydrogen) atoms. The lowest BCUT2D eigenvalue weighted by Crippen LogP contribution is -2.45. The maximum Gasteiger partial charge on any atom is 0.225 e. The number of aryl methyl sites for hydroxylation is 1. The predicted octanol–water partition coefficient (Wildman–Crippen LogP) is 0.0731. The highest BCUT2D eigenvalue weighted by Gasteiger charge is 2.31. The van der Waals surface area contributed by atoms with Crippen molar-refractivity contribution < 1.29 is 13.2 Å². The highest BCUT2D eigenvalue weighted by molar-refractivity contribution is 7.88. The summed E-state index contributed by atoms with van der Waals surface area (Å²) in [5, 5.41) is 11.3. The molecule has 1 aromatic rings. The van der Waals surface area contributed by atoms with Crippen molar-refractivity contribution in [3.05, 3.63) is 11.6 Å². The van der Waals surface area contributed by atoms with Gasteiger partial charge in [0.05, 0.1) is 18.2 Å². The SMILES string of the molecule is C[C@H](NC(=O)[C@H]1CCCN(S(C)(=O)=O)C1)c1nnc2n1CCC2. The Labute approximate surface area is 136 Å². The smallest absolute Gasteiger partial charge is 0.225 e. The summed E-state index contributed by atoms with van der Waals surface area (Å²) in [6, 6.07) is -0.226. The number of aromatic nitrogens is 3. The Morgan fingerprint density at radius 1 is 1.30 bits per heavy atom. The van der Waals surface area contributed by atoms with Crippen LogP contribution in [0.2, 0.25) is 0 Å². The van der Waals surface area contributed by atoms with Gasteiger partial charge in [-0.3, -0.25) is 4.79 Å². The van der Waals surface area contributed by atoms with E-state index in [4.69, 9.17) is 0 Å². The quantitative estimate of drug-likeness (QED) is 0.836. The second kappa shape index (κ2) is 6.20. The zero-order chi connectivity index (χ0) is 16.6. The zero-order valence-corrected chi connectivity index (χ0v) is 14.3. The van der Waals surface area contributed by atoms with Crippen LogP contribution in [0, 0.1) is 5.92 Å². The minimum Gasteiger partial charge on any atom is -0.346 e. The summed E-state index contributed by atoms with van der Waals surface area (Å²) in [4.78, 5) is 12.5. The Hall–Kier alpha value is -1.48. The van der Waals surface area contributed by atoms with Crippen molar-refractivity contribution >= 4 is 15.9 Å². The van der Waals surface area contributed by atoms with Gasteiger partial charge in [-0.05, 0) is 26.2 Å². The number of nitrogens with zero attached hydrogens (tertiary/aromatic N) is 4. The van der Waals surface area contributed by atoms with Gasteiger partial charge in [0, 0.05) is 26.1 Å². The first kappa shape index (κ1) is 16.4. The molecule has 0 unspecified atom stereocenters. The number of nitrogens with one attached hydrogen (secondary N) is 1. The summed E-state index contributed by atoms with van der Waals surface area (Å²) in [6.45, 7) is 3.54. The topological polar surface area (TPSA) is 97.2 Å². The van der Waals surface area contributed by atoms with Crippen LogP contribution in [0.25, 0.3) is 0 Å².